The summed E-state index contributed by atoms with van der Waals surface area (Å²) in [6.07, 6.45) is 3.04. The third kappa shape index (κ3) is 5.02. The molecule has 0 bridgehead atoms. The fourth-order valence-electron chi connectivity index (χ4n) is 3.65. The van der Waals surface area contributed by atoms with Crippen LogP contribution in [0.2, 0.25) is 0 Å². The minimum absolute atomic E-state index is 0. The highest BCUT2D eigenvalue weighted by atomic mass is 35.5. The molecule has 0 atom stereocenters. The third-order valence-corrected chi connectivity index (χ3v) is 6.13. The fraction of sp³-hybridized carbons (Fsp3) is 0.273. The molecule has 7 nitrogen and oxygen atoms in total. The van der Waals surface area contributed by atoms with Crippen molar-refractivity contribution < 1.29 is 4.39 Å². The Morgan fingerprint density at radius 2 is 1.94 bits per heavy atom. The van der Waals surface area contributed by atoms with Gasteiger partial charge in [-0.25, -0.2) is 24.3 Å². The van der Waals surface area contributed by atoms with Gasteiger partial charge < -0.3 is 10.6 Å². The van der Waals surface area contributed by atoms with Crippen molar-refractivity contribution in [3.05, 3.63) is 59.1 Å². The Balaban J connectivity index is 0.00000245. The normalized spacial score (nSPS) is 14.3. The molecule has 0 amide bonds. The summed E-state index contributed by atoms with van der Waals surface area (Å²) in [4.78, 5) is 19.8. The van der Waals surface area contributed by atoms with E-state index in [1.807, 2.05) is 43.5 Å². The molecular formula is C22H23ClFN7S. The molecule has 0 spiro atoms. The highest BCUT2D eigenvalue weighted by molar-refractivity contribution is 7.18. The number of aryl methyl sites for hydroxylation is 1. The van der Waals surface area contributed by atoms with E-state index < -0.39 is 5.82 Å². The van der Waals surface area contributed by atoms with Crippen molar-refractivity contribution in [1.82, 2.24) is 30.2 Å². The summed E-state index contributed by atoms with van der Waals surface area (Å²) in [5.74, 6) is 0.458. The maximum absolute atomic E-state index is 14.5. The molecule has 1 saturated heterocycles. The van der Waals surface area contributed by atoms with E-state index in [4.69, 9.17) is 0 Å². The molecule has 1 aliphatic heterocycles. The van der Waals surface area contributed by atoms with Crippen molar-refractivity contribution in [2.45, 2.75) is 13.5 Å². The summed E-state index contributed by atoms with van der Waals surface area (Å²) >= 11 is 1.58. The molecule has 0 aliphatic carbocycles. The van der Waals surface area contributed by atoms with Crippen LogP contribution in [0.3, 0.4) is 0 Å². The summed E-state index contributed by atoms with van der Waals surface area (Å²) in [5.41, 5.74) is 3.00. The second-order valence-electron chi connectivity index (χ2n) is 7.51. The zero-order valence-electron chi connectivity index (χ0n) is 17.5. The van der Waals surface area contributed by atoms with E-state index in [9.17, 15) is 4.39 Å². The molecule has 2 N–H and O–H groups in total. The van der Waals surface area contributed by atoms with Crippen molar-refractivity contribution in [2.75, 3.05) is 31.5 Å². The van der Waals surface area contributed by atoms with Gasteiger partial charge in [0.25, 0.3) is 0 Å². The first-order valence-electron chi connectivity index (χ1n) is 10.2. The van der Waals surface area contributed by atoms with E-state index in [1.165, 1.54) is 6.20 Å². The van der Waals surface area contributed by atoms with Gasteiger partial charge in [-0.15, -0.1) is 23.7 Å². The Kier molecular flexibility index (Phi) is 6.90. The van der Waals surface area contributed by atoms with Gasteiger partial charge in [-0.05, 0) is 30.7 Å². The topological polar surface area (TPSA) is 78.9 Å². The fourth-order valence-corrected chi connectivity index (χ4v) is 4.52. The standard InChI is InChI=1S/C22H22FN7S.ClH/c1-14-27-18-4-3-16(10-19(18)31-14)21-17(23)12-26-22(29-21)28-20-5-2-15(11-25-20)13-30-8-6-24-7-9-30;/h2-5,10-12,24H,6-9,13H2,1H3,(H,25,26,28,29);1H. The molecule has 1 aliphatic rings. The number of pyridine rings is 1. The number of anilines is 2. The highest BCUT2D eigenvalue weighted by Crippen LogP contribution is 2.29. The molecule has 32 heavy (non-hydrogen) atoms. The minimum atomic E-state index is -0.467. The van der Waals surface area contributed by atoms with E-state index in [0.717, 1.165) is 53.5 Å². The predicted molar refractivity (Wildman–Crippen MR) is 128 cm³/mol. The third-order valence-electron chi connectivity index (χ3n) is 5.19. The van der Waals surface area contributed by atoms with E-state index in [-0.39, 0.29) is 18.1 Å². The molecule has 0 saturated carbocycles. The van der Waals surface area contributed by atoms with Gasteiger partial charge >= 0.3 is 0 Å². The lowest BCUT2D eigenvalue weighted by Gasteiger charge is -2.27. The Hall–Kier alpha value is -2.72. The number of hydrogen-bond donors (Lipinski definition) is 2. The number of fused-ring (bicyclic) bond motifs is 1. The van der Waals surface area contributed by atoms with Crippen molar-refractivity contribution in [2.24, 2.45) is 0 Å². The van der Waals surface area contributed by atoms with E-state index in [0.29, 0.717) is 17.3 Å². The quantitative estimate of drug-likeness (QED) is 0.452. The van der Waals surface area contributed by atoms with E-state index in [1.54, 1.807) is 11.3 Å². The van der Waals surface area contributed by atoms with Crippen LogP contribution in [0.5, 0.6) is 0 Å². The van der Waals surface area contributed by atoms with Gasteiger partial charge in [-0.2, -0.15) is 0 Å². The van der Waals surface area contributed by atoms with Gasteiger partial charge in [0.2, 0.25) is 5.95 Å². The van der Waals surface area contributed by atoms with Crippen LogP contribution in [0, 0.1) is 12.7 Å². The molecule has 0 unspecified atom stereocenters. The smallest absolute Gasteiger partial charge is 0.229 e. The van der Waals surface area contributed by atoms with Crippen LogP contribution in [0.4, 0.5) is 16.2 Å². The van der Waals surface area contributed by atoms with E-state index >= 15 is 0 Å². The Bertz CT molecular complexity index is 1210. The van der Waals surface area contributed by atoms with Gasteiger partial charge in [0.1, 0.15) is 11.5 Å². The molecular weight excluding hydrogens is 449 g/mol. The van der Waals surface area contributed by atoms with Crippen LogP contribution in [0.25, 0.3) is 21.5 Å². The number of nitrogens with zero attached hydrogens (tertiary/aromatic N) is 5. The van der Waals surface area contributed by atoms with Crippen molar-refractivity contribution in [3.8, 4) is 11.3 Å². The highest BCUT2D eigenvalue weighted by Gasteiger charge is 2.13. The number of hydrogen-bond acceptors (Lipinski definition) is 8. The van der Waals surface area contributed by atoms with Crippen LogP contribution >= 0.6 is 23.7 Å². The van der Waals surface area contributed by atoms with Gasteiger partial charge in [-0.1, -0.05) is 12.1 Å². The zero-order valence-corrected chi connectivity index (χ0v) is 19.1. The average molecular weight is 472 g/mol. The summed E-state index contributed by atoms with van der Waals surface area (Å²) in [6.45, 7) is 6.96. The van der Waals surface area contributed by atoms with Gasteiger partial charge in [-0.3, -0.25) is 4.90 Å². The summed E-state index contributed by atoms with van der Waals surface area (Å²) in [7, 11) is 0. The predicted octanol–water partition coefficient (Wildman–Crippen LogP) is 4.17. The van der Waals surface area contributed by atoms with Crippen LogP contribution in [-0.2, 0) is 6.54 Å². The molecule has 5 rings (SSSR count). The van der Waals surface area contributed by atoms with Crippen LogP contribution in [-0.4, -0.2) is 51.0 Å². The zero-order chi connectivity index (χ0) is 21.2. The second kappa shape index (κ2) is 9.83. The van der Waals surface area contributed by atoms with Gasteiger partial charge in [0.15, 0.2) is 5.82 Å². The second-order valence-corrected chi connectivity index (χ2v) is 8.74. The summed E-state index contributed by atoms with van der Waals surface area (Å²) in [6, 6.07) is 9.58. The van der Waals surface area contributed by atoms with Crippen LogP contribution in [0.1, 0.15) is 10.6 Å². The molecule has 1 fully saturated rings. The lowest BCUT2D eigenvalue weighted by atomic mass is 10.1. The maximum Gasteiger partial charge on any atom is 0.229 e. The Morgan fingerprint density at radius 3 is 2.72 bits per heavy atom. The first kappa shape index (κ1) is 22.5. The van der Waals surface area contributed by atoms with Crippen molar-refractivity contribution >= 4 is 45.7 Å². The molecule has 0 radical (unpaired) electrons. The lowest BCUT2D eigenvalue weighted by molar-refractivity contribution is 0.233. The number of thiazole rings is 1. The molecule has 1 aromatic carbocycles. The van der Waals surface area contributed by atoms with Gasteiger partial charge in [0.05, 0.1) is 21.4 Å². The van der Waals surface area contributed by atoms with Crippen LogP contribution in [0.15, 0.2) is 42.7 Å². The number of piperazine rings is 1. The van der Waals surface area contributed by atoms with Crippen molar-refractivity contribution in [3.63, 3.8) is 0 Å². The number of rotatable bonds is 5. The maximum atomic E-state index is 14.5. The van der Waals surface area contributed by atoms with Crippen LogP contribution < -0.4 is 10.6 Å². The number of benzene rings is 1. The molecule has 4 aromatic rings. The minimum Gasteiger partial charge on any atom is -0.314 e. The Morgan fingerprint density at radius 1 is 1.09 bits per heavy atom. The average Bonchev–Trinajstić information content (AvgIpc) is 3.16. The number of nitrogens with one attached hydrogen (secondary N) is 2. The molecule has 166 valence electrons. The molecule has 3 aromatic heterocycles. The Labute approximate surface area is 195 Å². The lowest BCUT2D eigenvalue weighted by Crippen LogP contribution is -2.42. The van der Waals surface area contributed by atoms with E-state index in [2.05, 4.69) is 35.5 Å². The number of aromatic nitrogens is 4. The first-order valence-corrected chi connectivity index (χ1v) is 11.0. The molecule has 10 heteroatoms. The summed E-state index contributed by atoms with van der Waals surface area (Å²) in [5, 5.41) is 7.41. The monoisotopic (exact) mass is 471 g/mol. The largest absolute Gasteiger partial charge is 0.314 e. The van der Waals surface area contributed by atoms with Crippen molar-refractivity contribution in [1.29, 1.82) is 0 Å². The van der Waals surface area contributed by atoms with Gasteiger partial charge in [0, 0.05) is 44.5 Å². The first-order chi connectivity index (χ1) is 15.1. The SMILES string of the molecule is Cc1nc2ccc(-c3nc(Nc4ccc(CN5CCNCC5)cn4)ncc3F)cc2s1.Cl. The summed E-state index contributed by atoms with van der Waals surface area (Å²) < 4.78 is 15.5. The number of halogens is 2. The molecule has 4 heterocycles.